The van der Waals surface area contributed by atoms with E-state index in [1.54, 1.807) is 6.08 Å². The first kappa shape index (κ1) is 15.8. The predicted molar refractivity (Wildman–Crippen MR) is 91.4 cm³/mol. The van der Waals surface area contributed by atoms with Crippen LogP contribution in [0.25, 0.3) is 0 Å². The molecule has 0 N–H and O–H groups in total. The summed E-state index contributed by atoms with van der Waals surface area (Å²) in [6.07, 6.45) is 4.28. The van der Waals surface area contributed by atoms with Gasteiger partial charge in [0.1, 0.15) is 0 Å². The normalized spacial score (nSPS) is 19.9. The highest BCUT2D eigenvalue weighted by Crippen LogP contribution is 2.38. The van der Waals surface area contributed by atoms with Crippen molar-refractivity contribution in [3.63, 3.8) is 0 Å². The third kappa shape index (κ3) is 3.31. The maximum absolute atomic E-state index is 12.5. The summed E-state index contributed by atoms with van der Waals surface area (Å²) in [5.74, 6) is 0.639. The molecule has 122 valence electrons. The SMILES string of the molecule is CC(C)=CC(=O)N1C[C@H](CCN2CCCC2=O)c2ccccc21. The molecule has 0 radical (unpaired) electrons. The number of amides is 2. The molecule has 2 amide bonds. The van der Waals surface area contributed by atoms with Crippen molar-refractivity contribution in [2.24, 2.45) is 0 Å². The zero-order valence-corrected chi connectivity index (χ0v) is 13.9. The lowest BCUT2D eigenvalue weighted by molar-refractivity contribution is -0.127. The van der Waals surface area contributed by atoms with Crippen molar-refractivity contribution in [3.05, 3.63) is 41.5 Å². The van der Waals surface area contributed by atoms with Gasteiger partial charge in [-0.05, 0) is 38.3 Å². The summed E-state index contributed by atoms with van der Waals surface area (Å²) in [5.41, 5.74) is 3.26. The van der Waals surface area contributed by atoms with Crippen LogP contribution in [-0.4, -0.2) is 36.3 Å². The van der Waals surface area contributed by atoms with E-state index in [1.165, 1.54) is 5.56 Å². The number of carbonyl (C=O) groups is 2. The molecule has 4 nitrogen and oxygen atoms in total. The fourth-order valence-electron chi connectivity index (χ4n) is 3.53. The Morgan fingerprint density at radius 2 is 2.09 bits per heavy atom. The second kappa shape index (κ2) is 6.57. The summed E-state index contributed by atoms with van der Waals surface area (Å²) in [7, 11) is 0. The van der Waals surface area contributed by atoms with Crippen LogP contribution in [0, 0.1) is 0 Å². The molecule has 0 unspecified atom stereocenters. The first-order valence-electron chi connectivity index (χ1n) is 8.39. The van der Waals surface area contributed by atoms with Crippen LogP contribution in [-0.2, 0) is 9.59 Å². The van der Waals surface area contributed by atoms with Crippen molar-refractivity contribution >= 4 is 17.5 Å². The van der Waals surface area contributed by atoms with Gasteiger partial charge < -0.3 is 9.80 Å². The molecule has 0 spiro atoms. The number of anilines is 1. The number of para-hydroxylation sites is 1. The van der Waals surface area contributed by atoms with Crippen LogP contribution in [0.1, 0.15) is 44.6 Å². The number of allylic oxidation sites excluding steroid dienone is 1. The Bertz CT molecular complexity index is 647. The zero-order valence-electron chi connectivity index (χ0n) is 13.9. The minimum atomic E-state index is 0.0530. The summed E-state index contributed by atoms with van der Waals surface area (Å²) >= 11 is 0. The van der Waals surface area contributed by atoms with Crippen LogP contribution in [0.2, 0.25) is 0 Å². The van der Waals surface area contributed by atoms with E-state index in [4.69, 9.17) is 0 Å². The Morgan fingerprint density at radius 1 is 1.30 bits per heavy atom. The number of nitrogens with zero attached hydrogens (tertiary/aromatic N) is 2. The van der Waals surface area contributed by atoms with E-state index < -0.39 is 0 Å². The lowest BCUT2D eigenvalue weighted by atomic mass is 9.98. The Labute approximate surface area is 137 Å². The van der Waals surface area contributed by atoms with Gasteiger partial charge in [-0.15, -0.1) is 0 Å². The number of likely N-dealkylation sites (tertiary alicyclic amines) is 1. The number of carbonyl (C=O) groups excluding carboxylic acids is 2. The van der Waals surface area contributed by atoms with Gasteiger partial charge in [-0.3, -0.25) is 9.59 Å². The van der Waals surface area contributed by atoms with E-state index in [1.807, 2.05) is 41.8 Å². The number of hydrogen-bond donors (Lipinski definition) is 0. The van der Waals surface area contributed by atoms with Crippen molar-refractivity contribution in [2.75, 3.05) is 24.5 Å². The fourth-order valence-corrected chi connectivity index (χ4v) is 3.53. The smallest absolute Gasteiger partial charge is 0.250 e. The average Bonchev–Trinajstić information content (AvgIpc) is 3.08. The first-order valence-corrected chi connectivity index (χ1v) is 8.39. The molecule has 2 aliphatic rings. The zero-order chi connectivity index (χ0) is 16.4. The van der Waals surface area contributed by atoms with Crippen molar-refractivity contribution in [3.8, 4) is 0 Å². The van der Waals surface area contributed by atoms with Gasteiger partial charge in [0, 0.05) is 43.7 Å². The molecule has 1 saturated heterocycles. The van der Waals surface area contributed by atoms with Gasteiger partial charge in [0.2, 0.25) is 5.91 Å². The van der Waals surface area contributed by atoms with E-state index in [-0.39, 0.29) is 11.8 Å². The molecule has 3 rings (SSSR count). The summed E-state index contributed by atoms with van der Waals surface area (Å²) in [5, 5.41) is 0. The number of hydrogen-bond acceptors (Lipinski definition) is 2. The van der Waals surface area contributed by atoms with Crippen molar-refractivity contribution in [1.29, 1.82) is 0 Å². The quantitative estimate of drug-likeness (QED) is 0.802. The predicted octanol–water partition coefficient (Wildman–Crippen LogP) is 3.10. The summed E-state index contributed by atoms with van der Waals surface area (Å²) in [4.78, 5) is 28.1. The van der Waals surface area contributed by atoms with E-state index in [0.717, 1.165) is 37.2 Å². The summed E-state index contributed by atoms with van der Waals surface area (Å²) in [6.45, 7) is 6.27. The molecule has 0 aliphatic carbocycles. The van der Waals surface area contributed by atoms with E-state index in [9.17, 15) is 9.59 Å². The first-order chi connectivity index (χ1) is 11.1. The van der Waals surface area contributed by atoms with E-state index in [2.05, 4.69) is 6.07 Å². The molecule has 2 aliphatic heterocycles. The molecule has 4 heteroatoms. The third-order valence-electron chi connectivity index (χ3n) is 4.67. The molecular weight excluding hydrogens is 288 g/mol. The van der Waals surface area contributed by atoms with Gasteiger partial charge >= 0.3 is 0 Å². The monoisotopic (exact) mass is 312 g/mol. The van der Waals surface area contributed by atoms with Gasteiger partial charge in [-0.2, -0.15) is 0 Å². The van der Waals surface area contributed by atoms with E-state index >= 15 is 0 Å². The van der Waals surface area contributed by atoms with Crippen molar-refractivity contribution in [1.82, 2.24) is 4.90 Å². The number of benzene rings is 1. The number of fused-ring (bicyclic) bond motifs is 1. The Balaban J connectivity index is 1.74. The molecule has 1 atom stereocenters. The van der Waals surface area contributed by atoms with Gasteiger partial charge in [0.25, 0.3) is 5.91 Å². The number of rotatable bonds is 4. The van der Waals surface area contributed by atoms with Crippen LogP contribution in [0.15, 0.2) is 35.9 Å². The Kier molecular flexibility index (Phi) is 4.51. The lowest BCUT2D eigenvalue weighted by Gasteiger charge is -2.19. The largest absolute Gasteiger partial charge is 0.343 e. The van der Waals surface area contributed by atoms with Crippen LogP contribution < -0.4 is 4.90 Å². The van der Waals surface area contributed by atoms with E-state index in [0.29, 0.717) is 18.9 Å². The minimum Gasteiger partial charge on any atom is -0.343 e. The molecule has 1 aromatic carbocycles. The highest BCUT2D eigenvalue weighted by molar-refractivity contribution is 6.03. The second-order valence-electron chi connectivity index (χ2n) is 6.70. The molecule has 1 fully saturated rings. The molecular formula is C19H24N2O2. The van der Waals surface area contributed by atoms with Gasteiger partial charge in [0.05, 0.1) is 0 Å². The van der Waals surface area contributed by atoms with Crippen LogP contribution in [0.4, 0.5) is 5.69 Å². The highest BCUT2D eigenvalue weighted by atomic mass is 16.2. The fraction of sp³-hybridized carbons (Fsp3) is 0.474. The molecule has 0 aromatic heterocycles. The molecule has 2 heterocycles. The van der Waals surface area contributed by atoms with Crippen molar-refractivity contribution in [2.45, 2.75) is 39.0 Å². The Morgan fingerprint density at radius 3 is 2.78 bits per heavy atom. The highest BCUT2D eigenvalue weighted by Gasteiger charge is 2.32. The van der Waals surface area contributed by atoms with Crippen molar-refractivity contribution < 1.29 is 9.59 Å². The summed E-state index contributed by atoms with van der Waals surface area (Å²) < 4.78 is 0. The maximum atomic E-state index is 12.5. The molecule has 0 saturated carbocycles. The second-order valence-corrected chi connectivity index (χ2v) is 6.70. The van der Waals surface area contributed by atoms with Gasteiger partial charge in [-0.1, -0.05) is 23.8 Å². The average molecular weight is 312 g/mol. The topological polar surface area (TPSA) is 40.6 Å². The molecule has 23 heavy (non-hydrogen) atoms. The molecule has 1 aromatic rings. The summed E-state index contributed by atoms with van der Waals surface area (Å²) in [6, 6.07) is 8.14. The lowest BCUT2D eigenvalue weighted by Crippen LogP contribution is -2.30. The van der Waals surface area contributed by atoms with Crippen LogP contribution >= 0.6 is 0 Å². The maximum Gasteiger partial charge on any atom is 0.250 e. The van der Waals surface area contributed by atoms with Crippen LogP contribution in [0.5, 0.6) is 0 Å². The third-order valence-corrected chi connectivity index (χ3v) is 4.67. The standard InChI is InChI=1S/C19H24N2O2/c1-14(2)12-19(23)21-13-15(16-6-3-4-7-17(16)21)9-11-20-10-5-8-18(20)22/h3-4,6-7,12,15H,5,8-11,13H2,1-2H3/t15-/m0/s1. The Hall–Kier alpha value is -2.10. The van der Waals surface area contributed by atoms with Gasteiger partial charge in [0.15, 0.2) is 0 Å². The minimum absolute atomic E-state index is 0.0530. The van der Waals surface area contributed by atoms with Crippen LogP contribution in [0.3, 0.4) is 0 Å². The van der Waals surface area contributed by atoms with Gasteiger partial charge in [-0.25, -0.2) is 0 Å². The molecule has 0 bridgehead atoms.